The number of rotatable bonds is 2. The van der Waals surface area contributed by atoms with Crippen molar-refractivity contribution in [1.82, 2.24) is 9.97 Å². The Hall–Kier alpha value is -2.82. The summed E-state index contributed by atoms with van der Waals surface area (Å²) in [6.45, 7) is 1.61. The van der Waals surface area contributed by atoms with E-state index in [2.05, 4.69) is 9.97 Å². The van der Waals surface area contributed by atoms with Crippen molar-refractivity contribution >= 4 is 16.7 Å². The Kier molecular flexibility index (Phi) is 3.10. The summed E-state index contributed by atoms with van der Waals surface area (Å²) in [7, 11) is 0. The smallest absolute Gasteiger partial charge is 0.339 e. The molecule has 0 radical (unpaired) electrons. The number of halogens is 1. The Morgan fingerprint density at radius 3 is 2.52 bits per heavy atom. The minimum Gasteiger partial charge on any atom is -0.478 e. The molecule has 0 fully saturated rings. The third kappa shape index (κ3) is 2.23. The van der Waals surface area contributed by atoms with Crippen LogP contribution in [0, 0.1) is 12.7 Å². The summed E-state index contributed by atoms with van der Waals surface area (Å²) in [5.41, 5.74) is 1.11. The summed E-state index contributed by atoms with van der Waals surface area (Å²) in [6, 6.07) is 10.0. The van der Waals surface area contributed by atoms with E-state index in [1.54, 1.807) is 31.2 Å². The van der Waals surface area contributed by atoms with Crippen LogP contribution in [0.15, 0.2) is 42.6 Å². The van der Waals surface area contributed by atoms with Gasteiger partial charge in [0.2, 0.25) is 0 Å². The molecule has 5 heteroatoms. The zero-order valence-corrected chi connectivity index (χ0v) is 11.2. The predicted octanol–water partition coefficient (Wildman–Crippen LogP) is 3.44. The maximum atomic E-state index is 13.8. The van der Waals surface area contributed by atoms with Gasteiger partial charge in [0.1, 0.15) is 5.82 Å². The standard InChI is InChI=1S/C16H11FN2O2/c1-9-13(16(20)21)8-18-15(19-9)12-6-7-14(17)11-5-3-2-4-10(11)12/h2-8H,1H3,(H,20,21). The van der Waals surface area contributed by atoms with Gasteiger partial charge < -0.3 is 5.11 Å². The molecule has 0 aliphatic carbocycles. The van der Waals surface area contributed by atoms with Crippen LogP contribution in [-0.2, 0) is 0 Å². The van der Waals surface area contributed by atoms with Crippen LogP contribution in [0.4, 0.5) is 4.39 Å². The van der Waals surface area contributed by atoms with Gasteiger partial charge in [-0.1, -0.05) is 24.3 Å². The van der Waals surface area contributed by atoms with E-state index in [4.69, 9.17) is 5.11 Å². The molecule has 104 valence electrons. The summed E-state index contributed by atoms with van der Waals surface area (Å²) < 4.78 is 13.8. The van der Waals surface area contributed by atoms with Crippen molar-refractivity contribution in [2.75, 3.05) is 0 Å². The predicted molar refractivity (Wildman–Crippen MR) is 76.6 cm³/mol. The average Bonchev–Trinajstić information content (AvgIpc) is 2.47. The first-order valence-corrected chi connectivity index (χ1v) is 6.32. The third-order valence-corrected chi connectivity index (χ3v) is 3.32. The monoisotopic (exact) mass is 282 g/mol. The van der Waals surface area contributed by atoms with Crippen molar-refractivity contribution in [2.45, 2.75) is 6.92 Å². The molecule has 21 heavy (non-hydrogen) atoms. The van der Waals surface area contributed by atoms with Crippen molar-refractivity contribution in [2.24, 2.45) is 0 Å². The molecule has 0 atom stereocenters. The van der Waals surface area contributed by atoms with Crippen LogP contribution in [0.3, 0.4) is 0 Å². The summed E-state index contributed by atoms with van der Waals surface area (Å²) in [5, 5.41) is 10.2. The molecule has 0 spiro atoms. The molecule has 2 aromatic carbocycles. The van der Waals surface area contributed by atoms with Gasteiger partial charge >= 0.3 is 5.97 Å². The van der Waals surface area contributed by atoms with E-state index in [9.17, 15) is 9.18 Å². The Bertz CT molecular complexity index is 862. The van der Waals surface area contributed by atoms with E-state index in [0.29, 0.717) is 27.9 Å². The molecule has 0 saturated carbocycles. The van der Waals surface area contributed by atoms with E-state index < -0.39 is 5.97 Å². The van der Waals surface area contributed by atoms with Gasteiger partial charge in [0.25, 0.3) is 0 Å². The van der Waals surface area contributed by atoms with Crippen LogP contribution in [0.25, 0.3) is 22.2 Å². The molecule has 3 rings (SSSR count). The first kappa shape index (κ1) is 13.2. The Morgan fingerprint density at radius 2 is 1.86 bits per heavy atom. The molecule has 1 N–H and O–H groups in total. The van der Waals surface area contributed by atoms with Gasteiger partial charge in [-0.3, -0.25) is 0 Å². The molecule has 1 heterocycles. The topological polar surface area (TPSA) is 63.1 Å². The fourth-order valence-electron chi connectivity index (χ4n) is 2.26. The van der Waals surface area contributed by atoms with Gasteiger partial charge in [-0.05, 0) is 24.4 Å². The van der Waals surface area contributed by atoms with E-state index in [0.717, 1.165) is 0 Å². The number of hydrogen-bond acceptors (Lipinski definition) is 3. The van der Waals surface area contributed by atoms with E-state index in [-0.39, 0.29) is 11.4 Å². The molecule has 0 saturated heterocycles. The quantitative estimate of drug-likeness (QED) is 0.782. The van der Waals surface area contributed by atoms with E-state index in [1.807, 2.05) is 6.07 Å². The van der Waals surface area contributed by atoms with Gasteiger partial charge in [0.05, 0.1) is 11.3 Å². The second-order valence-corrected chi connectivity index (χ2v) is 4.64. The van der Waals surface area contributed by atoms with Crippen LogP contribution in [-0.4, -0.2) is 21.0 Å². The SMILES string of the molecule is Cc1nc(-c2ccc(F)c3ccccc23)ncc1C(=O)O. The molecule has 1 aromatic heterocycles. The first-order valence-electron chi connectivity index (χ1n) is 6.32. The first-order chi connectivity index (χ1) is 10.1. The fourth-order valence-corrected chi connectivity index (χ4v) is 2.26. The van der Waals surface area contributed by atoms with Gasteiger partial charge in [-0.2, -0.15) is 0 Å². The molecular weight excluding hydrogens is 271 g/mol. The molecule has 0 aliphatic heterocycles. The van der Waals surface area contributed by atoms with E-state index in [1.165, 1.54) is 12.3 Å². The minimum absolute atomic E-state index is 0.0603. The molecule has 0 amide bonds. The summed E-state index contributed by atoms with van der Waals surface area (Å²) in [6.07, 6.45) is 1.28. The van der Waals surface area contributed by atoms with Crippen LogP contribution >= 0.6 is 0 Å². The molecule has 0 bridgehead atoms. The number of benzene rings is 2. The summed E-state index contributed by atoms with van der Waals surface area (Å²) in [4.78, 5) is 19.3. The van der Waals surface area contributed by atoms with Crippen molar-refractivity contribution in [1.29, 1.82) is 0 Å². The minimum atomic E-state index is -1.07. The molecule has 0 aliphatic rings. The highest BCUT2D eigenvalue weighted by molar-refractivity contribution is 5.95. The van der Waals surface area contributed by atoms with Gasteiger partial charge in [-0.15, -0.1) is 0 Å². The highest BCUT2D eigenvalue weighted by Gasteiger charge is 2.13. The van der Waals surface area contributed by atoms with Crippen LogP contribution < -0.4 is 0 Å². The lowest BCUT2D eigenvalue weighted by Crippen LogP contribution is -2.04. The molecule has 4 nitrogen and oxygen atoms in total. The number of nitrogens with zero attached hydrogens (tertiary/aromatic N) is 2. The van der Waals surface area contributed by atoms with Crippen LogP contribution in [0.2, 0.25) is 0 Å². The number of hydrogen-bond donors (Lipinski definition) is 1. The molecular formula is C16H11FN2O2. The normalized spacial score (nSPS) is 10.8. The van der Waals surface area contributed by atoms with Crippen LogP contribution in [0.5, 0.6) is 0 Å². The number of aryl methyl sites for hydroxylation is 1. The number of fused-ring (bicyclic) bond motifs is 1. The number of carboxylic acids is 1. The maximum Gasteiger partial charge on any atom is 0.339 e. The van der Waals surface area contributed by atoms with Crippen molar-refractivity contribution < 1.29 is 14.3 Å². The van der Waals surface area contributed by atoms with Crippen molar-refractivity contribution in [3.8, 4) is 11.4 Å². The lowest BCUT2D eigenvalue weighted by Gasteiger charge is -2.08. The largest absolute Gasteiger partial charge is 0.478 e. The van der Waals surface area contributed by atoms with Gasteiger partial charge in [0, 0.05) is 17.1 Å². The third-order valence-electron chi connectivity index (χ3n) is 3.32. The average molecular weight is 282 g/mol. The number of aromatic carboxylic acids is 1. The lowest BCUT2D eigenvalue weighted by molar-refractivity contribution is 0.0695. The van der Waals surface area contributed by atoms with Gasteiger partial charge in [-0.25, -0.2) is 19.2 Å². The van der Waals surface area contributed by atoms with Gasteiger partial charge in [0.15, 0.2) is 5.82 Å². The fraction of sp³-hybridized carbons (Fsp3) is 0.0625. The highest BCUT2D eigenvalue weighted by Crippen LogP contribution is 2.28. The Morgan fingerprint density at radius 1 is 1.14 bits per heavy atom. The zero-order chi connectivity index (χ0) is 15.0. The number of carboxylic acid groups (broad SMARTS) is 1. The molecule has 0 unspecified atom stereocenters. The highest BCUT2D eigenvalue weighted by atomic mass is 19.1. The van der Waals surface area contributed by atoms with Crippen LogP contribution in [0.1, 0.15) is 16.1 Å². The Labute approximate surface area is 119 Å². The summed E-state index contributed by atoms with van der Waals surface area (Å²) >= 11 is 0. The maximum absolute atomic E-state index is 13.8. The number of aromatic nitrogens is 2. The zero-order valence-electron chi connectivity index (χ0n) is 11.2. The van der Waals surface area contributed by atoms with Crippen molar-refractivity contribution in [3.05, 3.63) is 59.7 Å². The van der Waals surface area contributed by atoms with Crippen molar-refractivity contribution in [3.63, 3.8) is 0 Å². The number of carbonyl (C=O) groups is 1. The lowest BCUT2D eigenvalue weighted by atomic mass is 10.0. The molecule has 3 aromatic rings. The second-order valence-electron chi connectivity index (χ2n) is 4.64. The Balaban J connectivity index is 2.24. The summed E-state index contributed by atoms with van der Waals surface area (Å²) in [5.74, 6) is -0.995. The second kappa shape index (κ2) is 4.94. The van der Waals surface area contributed by atoms with E-state index >= 15 is 0 Å².